The number of pyridine rings is 1. The monoisotopic (exact) mass is 287 g/mol. The van der Waals surface area contributed by atoms with Crippen LogP contribution in [-0.2, 0) is 6.42 Å². The van der Waals surface area contributed by atoms with Gasteiger partial charge in [-0.25, -0.2) is 4.98 Å². The Bertz CT molecular complexity index is 618. The summed E-state index contributed by atoms with van der Waals surface area (Å²) in [6.07, 6.45) is 2.93. The van der Waals surface area contributed by atoms with E-state index in [9.17, 15) is 0 Å². The van der Waals surface area contributed by atoms with Crippen molar-refractivity contribution in [2.24, 2.45) is 5.73 Å². The molecule has 2 aromatic rings. The molecule has 0 spiro atoms. The molecule has 0 amide bonds. The largest absolute Gasteiger partial charge is 0.352 e. The van der Waals surface area contributed by atoms with E-state index in [1.807, 2.05) is 6.07 Å². The zero-order valence-electron chi connectivity index (χ0n) is 13.2. The molecule has 2 N–H and O–H groups in total. The molecule has 1 fully saturated rings. The molecule has 3 rings (SSSR count). The van der Waals surface area contributed by atoms with Gasteiger partial charge in [-0.05, 0) is 33.0 Å². The van der Waals surface area contributed by atoms with Crippen LogP contribution in [0.2, 0.25) is 0 Å². The second kappa shape index (κ2) is 5.66. The highest BCUT2D eigenvalue weighted by atomic mass is 15.3. The summed E-state index contributed by atoms with van der Waals surface area (Å²) in [4.78, 5) is 9.68. The van der Waals surface area contributed by atoms with Crippen molar-refractivity contribution in [2.75, 3.05) is 31.6 Å². The number of nitrogens with zero attached hydrogens (tertiary/aromatic N) is 4. The van der Waals surface area contributed by atoms with Crippen LogP contribution in [0.4, 0.5) is 5.82 Å². The smallest absolute Gasteiger partial charge is 0.151 e. The quantitative estimate of drug-likeness (QED) is 0.926. The van der Waals surface area contributed by atoms with Crippen LogP contribution >= 0.6 is 0 Å². The molecule has 2 unspecified atom stereocenters. The molecule has 1 saturated heterocycles. The van der Waals surface area contributed by atoms with Gasteiger partial charge in [-0.1, -0.05) is 6.07 Å². The third kappa shape index (κ3) is 2.76. The fourth-order valence-electron chi connectivity index (χ4n) is 3.02. The minimum Gasteiger partial charge on any atom is -0.352 e. The molecular formula is C16H25N5. The van der Waals surface area contributed by atoms with Gasteiger partial charge < -0.3 is 19.9 Å². The Balaban J connectivity index is 2.00. The van der Waals surface area contributed by atoms with Gasteiger partial charge in [0.1, 0.15) is 5.65 Å². The van der Waals surface area contributed by atoms with Crippen molar-refractivity contribution in [3.63, 3.8) is 0 Å². The molecule has 0 saturated carbocycles. The summed E-state index contributed by atoms with van der Waals surface area (Å²) in [5, 5.41) is 0. The van der Waals surface area contributed by atoms with E-state index in [2.05, 4.69) is 53.4 Å². The van der Waals surface area contributed by atoms with Crippen molar-refractivity contribution < 1.29 is 0 Å². The van der Waals surface area contributed by atoms with E-state index in [4.69, 9.17) is 10.7 Å². The van der Waals surface area contributed by atoms with Crippen LogP contribution in [0, 0.1) is 0 Å². The van der Waals surface area contributed by atoms with E-state index in [1.165, 1.54) is 5.69 Å². The van der Waals surface area contributed by atoms with E-state index in [1.54, 1.807) is 0 Å². The Hall–Kier alpha value is -1.59. The van der Waals surface area contributed by atoms with E-state index >= 15 is 0 Å². The molecule has 0 radical (unpaired) electrons. The standard InChI is InChI=1S/C16H25N5/c1-12(17)10-14-16(18-15-6-4-5-7-21(14)15)20-9-8-19(3)13(2)11-20/h4-7,12-13H,8-11,17H2,1-3H3. The Morgan fingerprint density at radius 2 is 2.19 bits per heavy atom. The van der Waals surface area contributed by atoms with Crippen LogP contribution in [0.15, 0.2) is 24.4 Å². The molecule has 114 valence electrons. The number of rotatable bonds is 3. The average Bonchev–Trinajstić information content (AvgIpc) is 2.80. The number of piperazine rings is 1. The van der Waals surface area contributed by atoms with Crippen molar-refractivity contribution in [1.29, 1.82) is 0 Å². The molecule has 21 heavy (non-hydrogen) atoms. The summed E-state index contributed by atoms with van der Waals surface area (Å²) < 4.78 is 2.18. The van der Waals surface area contributed by atoms with Gasteiger partial charge >= 0.3 is 0 Å². The maximum Gasteiger partial charge on any atom is 0.151 e. The zero-order chi connectivity index (χ0) is 15.0. The van der Waals surface area contributed by atoms with Gasteiger partial charge in [0.15, 0.2) is 5.82 Å². The van der Waals surface area contributed by atoms with Crippen LogP contribution in [0.5, 0.6) is 0 Å². The molecule has 5 heteroatoms. The molecule has 1 aliphatic heterocycles. The lowest BCUT2D eigenvalue weighted by Crippen LogP contribution is -2.50. The van der Waals surface area contributed by atoms with Crippen LogP contribution in [-0.4, -0.2) is 53.1 Å². The predicted molar refractivity (Wildman–Crippen MR) is 86.9 cm³/mol. The third-order valence-electron chi connectivity index (χ3n) is 4.38. The molecule has 1 aliphatic rings. The molecule has 0 aliphatic carbocycles. The number of likely N-dealkylation sites (N-methyl/N-ethyl adjacent to an activating group) is 1. The zero-order valence-corrected chi connectivity index (χ0v) is 13.2. The Labute approximate surface area is 126 Å². The summed E-state index contributed by atoms with van der Waals surface area (Å²) in [6, 6.07) is 6.83. The third-order valence-corrected chi connectivity index (χ3v) is 4.38. The predicted octanol–water partition coefficient (Wildman–Crippen LogP) is 1.36. The Kier molecular flexibility index (Phi) is 3.87. The lowest BCUT2D eigenvalue weighted by molar-refractivity contribution is 0.233. The van der Waals surface area contributed by atoms with E-state index in [0.29, 0.717) is 6.04 Å². The van der Waals surface area contributed by atoms with Gasteiger partial charge in [0.2, 0.25) is 0 Å². The van der Waals surface area contributed by atoms with Gasteiger partial charge in [-0.2, -0.15) is 0 Å². The first-order chi connectivity index (χ1) is 10.1. The number of anilines is 1. The molecule has 5 nitrogen and oxygen atoms in total. The summed E-state index contributed by atoms with van der Waals surface area (Å²) in [5.74, 6) is 1.11. The van der Waals surface area contributed by atoms with Crippen LogP contribution in [0.3, 0.4) is 0 Å². The molecule has 2 atom stereocenters. The second-order valence-corrected chi connectivity index (χ2v) is 6.27. The Morgan fingerprint density at radius 3 is 2.90 bits per heavy atom. The van der Waals surface area contributed by atoms with Gasteiger partial charge in [0.05, 0.1) is 5.69 Å². The molecule has 3 heterocycles. The highest BCUT2D eigenvalue weighted by Gasteiger charge is 2.25. The Morgan fingerprint density at radius 1 is 1.38 bits per heavy atom. The fourth-order valence-corrected chi connectivity index (χ4v) is 3.02. The normalized spacial score (nSPS) is 21.9. The highest BCUT2D eigenvalue weighted by Crippen LogP contribution is 2.25. The number of aromatic nitrogens is 2. The van der Waals surface area contributed by atoms with Gasteiger partial charge in [-0.15, -0.1) is 0 Å². The second-order valence-electron chi connectivity index (χ2n) is 6.27. The van der Waals surface area contributed by atoms with E-state index < -0.39 is 0 Å². The lowest BCUT2D eigenvalue weighted by atomic mass is 10.1. The van der Waals surface area contributed by atoms with Crippen LogP contribution in [0.25, 0.3) is 5.65 Å². The van der Waals surface area contributed by atoms with Gasteiger partial charge in [-0.3, -0.25) is 0 Å². The van der Waals surface area contributed by atoms with Crippen molar-refractivity contribution in [2.45, 2.75) is 32.4 Å². The van der Waals surface area contributed by atoms with Crippen molar-refractivity contribution in [3.05, 3.63) is 30.1 Å². The summed E-state index contributed by atoms with van der Waals surface area (Å²) in [5.41, 5.74) is 8.30. The van der Waals surface area contributed by atoms with Crippen LogP contribution < -0.4 is 10.6 Å². The van der Waals surface area contributed by atoms with Gasteiger partial charge in [0, 0.05) is 44.3 Å². The maximum atomic E-state index is 6.05. The molecule has 0 bridgehead atoms. The first-order valence-electron chi connectivity index (χ1n) is 7.73. The number of fused-ring (bicyclic) bond motifs is 1. The summed E-state index contributed by atoms with van der Waals surface area (Å²) >= 11 is 0. The van der Waals surface area contributed by atoms with Crippen LogP contribution in [0.1, 0.15) is 19.5 Å². The highest BCUT2D eigenvalue weighted by molar-refractivity contribution is 5.56. The molecule has 0 aromatic carbocycles. The number of nitrogens with two attached hydrogens (primary N) is 1. The van der Waals surface area contributed by atoms with Crippen molar-refractivity contribution in [3.8, 4) is 0 Å². The lowest BCUT2D eigenvalue weighted by Gasteiger charge is -2.38. The minimum absolute atomic E-state index is 0.133. The minimum atomic E-state index is 0.133. The van der Waals surface area contributed by atoms with E-state index in [-0.39, 0.29) is 6.04 Å². The maximum absolute atomic E-state index is 6.05. The number of imidazole rings is 1. The average molecular weight is 287 g/mol. The number of hydrogen-bond acceptors (Lipinski definition) is 4. The number of hydrogen-bond donors (Lipinski definition) is 1. The topological polar surface area (TPSA) is 49.8 Å². The van der Waals surface area contributed by atoms with E-state index in [0.717, 1.165) is 37.5 Å². The van der Waals surface area contributed by atoms with Gasteiger partial charge in [0.25, 0.3) is 0 Å². The van der Waals surface area contributed by atoms with Crippen molar-refractivity contribution in [1.82, 2.24) is 14.3 Å². The SMILES string of the molecule is CC(N)Cc1c(N2CCN(C)C(C)C2)nc2ccccn12. The molecule has 2 aromatic heterocycles. The van der Waals surface area contributed by atoms with Crippen molar-refractivity contribution >= 4 is 11.5 Å². The first kappa shape index (κ1) is 14.4. The first-order valence-corrected chi connectivity index (χ1v) is 7.73. The fraction of sp³-hybridized carbons (Fsp3) is 0.562. The summed E-state index contributed by atoms with van der Waals surface area (Å²) in [6.45, 7) is 7.45. The summed E-state index contributed by atoms with van der Waals surface area (Å²) in [7, 11) is 2.19. The molecular weight excluding hydrogens is 262 g/mol.